The van der Waals surface area contributed by atoms with Crippen molar-refractivity contribution in [3.63, 3.8) is 0 Å². The lowest BCUT2D eigenvalue weighted by molar-refractivity contribution is 0.307. The molecule has 5 nitrogen and oxygen atoms in total. The van der Waals surface area contributed by atoms with Crippen LogP contribution in [0.1, 0.15) is 18.9 Å². The van der Waals surface area contributed by atoms with Gasteiger partial charge < -0.3 is 15.8 Å². The molecular weight excluding hydrogens is 259 g/mol. The molecule has 0 spiro atoms. The number of aryl methyl sites for hydroxylation is 1. The third-order valence-electron chi connectivity index (χ3n) is 2.76. The number of rotatable bonds is 5. The van der Waals surface area contributed by atoms with Crippen LogP contribution >= 0.6 is 0 Å². The fourth-order valence-corrected chi connectivity index (χ4v) is 1.70. The van der Waals surface area contributed by atoms with Crippen molar-refractivity contribution in [2.75, 3.05) is 17.7 Å². The van der Waals surface area contributed by atoms with E-state index in [1.165, 1.54) is 12.4 Å². The standard InChI is InChI=1S/C14H17FN4O/c1-3-7-20-14-11(16)13(17-8-18-14)19-12-9(2)5-4-6-10(12)15/h4-6,8H,3,7,16H2,1-2H3,(H,17,18,19). The minimum atomic E-state index is -0.362. The van der Waals surface area contributed by atoms with Crippen molar-refractivity contribution in [2.45, 2.75) is 20.3 Å². The molecule has 20 heavy (non-hydrogen) atoms. The molecule has 0 fully saturated rings. The van der Waals surface area contributed by atoms with Crippen LogP contribution in [0.5, 0.6) is 5.88 Å². The highest BCUT2D eigenvalue weighted by Crippen LogP contribution is 2.29. The Kier molecular flexibility index (Phi) is 4.34. The zero-order valence-electron chi connectivity index (χ0n) is 11.5. The van der Waals surface area contributed by atoms with Gasteiger partial charge in [0.2, 0.25) is 5.88 Å². The van der Waals surface area contributed by atoms with E-state index in [1.807, 2.05) is 6.92 Å². The van der Waals surface area contributed by atoms with Gasteiger partial charge in [-0.1, -0.05) is 19.1 Å². The van der Waals surface area contributed by atoms with Gasteiger partial charge >= 0.3 is 0 Å². The molecule has 0 amide bonds. The van der Waals surface area contributed by atoms with Gasteiger partial charge in [0.25, 0.3) is 0 Å². The number of ether oxygens (including phenoxy) is 1. The van der Waals surface area contributed by atoms with Crippen molar-refractivity contribution < 1.29 is 9.13 Å². The molecule has 1 aromatic carbocycles. The van der Waals surface area contributed by atoms with E-state index in [9.17, 15) is 4.39 Å². The predicted octanol–water partition coefficient (Wildman–Crippen LogP) is 3.04. The number of nitrogens with zero attached hydrogens (tertiary/aromatic N) is 2. The highest BCUT2D eigenvalue weighted by atomic mass is 19.1. The maximum absolute atomic E-state index is 13.8. The van der Waals surface area contributed by atoms with Gasteiger partial charge in [0.15, 0.2) is 5.82 Å². The number of benzene rings is 1. The van der Waals surface area contributed by atoms with Gasteiger partial charge in [-0.25, -0.2) is 9.37 Å². The Morgan fingerprint density at radius 1 is 1.35 bits per heavy atom. The van der Waals surface area contributed by atoms with E-state index in [-0.39, 0.29) is 11.5 Å². The third-order valence-corrected chi connectivity index (χ3v) is 2.76. The number of hydrogen-bond acceptors (Lipinski definition) is 5. The molecule has 3 N–H and O–H groups in total. The van der Waals surface area contributed by atoms with Crippen LogP contribution < -0.4 is 15.8 Å². The molecule has 1 heterocycles. The van der Waals surface area contributed by atoms with Crippen molar-refractivity contribution in [1.82, 2.24) is 9.97 Å². The fraction of sp³-hybridized carbons (Fsp3) is 0.286. The zero-order valence-corrected chi connectivity index (χ0v) is 11.5. The van der Waals surface area contributed by atoms with Gasteiger partial charge in [-0.15, -0.1) is 0 Å². The summed E-state index contributed by atoms with van der Waals surface area (Å²) >= 11 is 0. The molecule has 0 atom stereocenters. The Labute approximate surface area is 117 Å². The summed E-state index contributed by atoms with van der Waals surface area (Å²) in [6, 6.07) is 4.83. The SMILES string of the molecule is CCCOc1ncnc(Nc2c(C)cccc2F)c1N. The van der Waals surface area contributed by atoms with Crippen LogP contribution in [0.4, 0.5) is 21.6 Å². The first-order valence-electron chi connectivity index (χ1n) is 6.39. The average Bonchev–Trinajstić information content (AvgIpc) is 2.43. The van der Waals surface area contributed by atoms with E-state index >= 15 is 0 Å². The smallest absolute Gasteiger partial charge is 0.242 e. The van der Waals surface area contributed by atoms with Crippen molar-refractivity contribution in [3.05, 3.63) is 35.9 Å². The molecule has 0 radical (unpaired) electrons. The summed E-state index contributed by atoms with van der Waals surface area (Å²) < 4.78 is 19.2. The highest BCUT2D eigenvalue weighted by Gasteiger charge is 2.12. The van der Waals surface area contributed by atoms with E-state index in [1.54, 1.807) is 19.1 Å². The van der Waals surface area contributed by atoms with Crippen molar-refractivity contribution >= 4 is 17.2 Å². The number of nitrogens with one attached hydrogen (secondary N) is 1. The molecule has 6 heteroatoms. The van der Waals surface area contributed by atoms with Gasteiger partial charge in [-0.3, -0.25) is 0 Å². The molecule has 0 aliphatic carbocycles. The quantitative estimate of drug-likeness (QED) is 0.878. The first-order valence-corrected chi connectivity index (χ1v) is 6.39. The van der Waals surface area contributed by atoms with Gasteiger partial charge in [-0.2, -0.15) is 4.98 Å². The zero-order chi connectivity index (χ0) is 14.5. The maximum Gasteiger partial charge on any atom is 0.242 e. The second-order valence-electron chi connectivity index (χ2n) is 4.35. The van der Waals surface area contributed by atoms with Gasteiger partial charge in [-0.05, 0) is 25.0 Å². The van der Waals surface area contributed by atoms with Crippen LogP contribution in [0, 0.1) is 12.7 Å². The molecule has 106 valence electrons. The minimum absolute atomic E-state index is 0.267. The molecule has 0 unspecified atom stereocenters. The van der Waals surface area contributed by atoms with Crippen LogP contribution in [0.2, 0.25) is 0 Å². The summed E-state index contributed by atoms with van der Waals surface area (Å²) in [4.78, 5) is 8.00. The largest absolute Gasteiger partial charge is 0.476 e. The number of halogens is 1. The van der Waals surface area contributed by atoms with Crippen molar-refractivity contribution in [1.29, 1.82) is 0 Å². The minimum Gasteiger partial charge on any atom is -0.476 e. The number of para-hydroxylation sites is 1. The van der Waals surface area contributed by atoms with E-state index in [0.717, 1.165) is 12.0 Å². The van der Waals surface area contributed by atoms with Crippen LogP contribution in [0.3, 0.4) is 0 Å². The monoisotopic (exact) mass is 276 g/mol. The van der Waals surface area contributed by atoms with Gasteiger partial charge in [0, 0.05) is 0 Å². The molecule has 2 rings (SSSR count). The van der Waals surface area contributed by atoms with Crippen LogP contribution in [0.25, 0.3) is 0 Å². The van der Waals surface area contributed by atoms with E-state index in [4.69, 9.17) is 10.5 Å². The Bertz CT molecular complexity index is 583. The first kappa shape index (κ1) is 14.0. The lowest BCUT2D eigenvalue weighted by Crippen LogP contribution is -2.07. The van der Waals surface area contributed by atoms with Gasteiger partial charge in [0.05, 0.1) is 12.3 Å². The maximum atomic E-state index is 13.8. The lowest BCUT2D eigenvalue weighted by Gasteiger charge is -2.13. The first-order chi connectivity index (χ1) is 9.63. The fourth-order valence-electron chi connectivity index (χ4n) is 1.70. The van der Waals surface area contributed by atoms with E-state index < -0.39 is 0 Å². The number of aromatic nitrogens is 2. The van der Waals surface area contributed by atoms with Crippen molar-refractivity contribution in [2.24, 2.45) is 0 Å². The van der Waals surface area contributed by atoms with Crippen LogP contribution in [0.15, 0.2) is 24.5 Å². The summed E-state index contributed by atoms with van der Waals surface area (Å²) in [6.07, 6.45) is 2.18. The van der Waals surface area contributed by atoms with Gasteiger partial charge in [0.1, 0.15) is 17.8 Å². The normalized spacial score (nSPS) is 10.3. The van der Waals surface area contributed by atoms with Crippen LogP contribution in [-0.4, -0.2) is 16.6 Å². The molecule has 2 aromatic rings. The summed E-state index contributed by atoms with van der Waals surface area (Å²) in [5.74, 6) is 0.275. The number of hydrogen-bond donors (Lipinski definition) is 2. The Morgan fingerprint density at radius 2 is 2.15 bits per heavy atom. The molecular formula is C14H17FN4O. The highest BCUT2D eigenvalue weighted by molar-refractivity contribution is 5.73. The second kappa shape index (κ2) is 6.18. The molecule has 0 aliphatic rings. The topological polar surface area (TPSA) is 73.1 Å². The lowest BCUT2D eigenvalue weighted by atomic mass is 10.2. The summed E-state index contributed by atoms with van der Waals surface area (Å²) in [6.45, 7) is 4.30. The Morgan fingerprint density at radius 3 is 2.85 bits per heavy atom. The Balaban J connectivity index is 2.30. The molecule has 0 bridgehead atoms. The molecule has 0 saturated carbocycles. The van der Waals surface area contributed by atoms with E-state index in [0.29, 0.717) is 24.0 Å². The number of anilines is 3. The number of nitrogens with two attached hydrogens (primary N) is 1. The summed E-state index contributed by atoms with van der Waals surface area (Å²) in [7, 11) is 0. The van der Waals surface area contributed by atoms with E-state index in [2.05, 4.69) is 15.3 Å². The number of nitrogen functional groups attached to an aromatic ring is 1. The average molecular weight is 276 g/mol. The molecule has 0 aliphatic heterocycles. The molecule has 0 saturated heterocycles. The second-order valence-corrected chi connectivity index (χ2v) is 4.35. The molecule has 1 aromatic heterocycles. The summed E-state index contributed by atoms with van der Waals surface area (Å²) in [5, 5.41) is 2.89. The van der Waals surface area contributed by atoms with Crippen molar-refractivity contribution in [3.8, 4) is 5.88 Å². The summed E-state index contributed by atoms with van der Waals surface area (Å²) in [5.41, 5.74) is 7.31. The Hall–Kier alpha value is -2.37. The van der Waals surface area contributed by atoms with Crippen LogP contribution in [-0.2, 0) is 0 Å². The predicted molar refractivity (Wildman–Crippen MR) is 76.7 cm³/mol. The third kappa shape index (κ3) is 2.96.